The summed E-state index contributed by atoms with van der Waals surface area (Å²) in [6, 6.07) is 6.27. The zero-order valence-electron chi connectivity index (χ0n) is 21.0. The van der Waals surface area contributed by atoms with Gasteiger partial charge >= 0.3 is 0 Å². The van der Waals surface area contributed by atoms with Gasteiger partial charge < -0.3 is 14.8 Å². The molecule has 0 bridgehead atoms. The quantitative estimate of drug-likeness (QED) is 0.410. The summed E-state index contributed by atoms with van der Waals surface area (Å²) >= 11 is 0. The van der Waals surface area contributed by atoms with E-state index < -0.39 is 24.4 Å². The van der Waals surface area contributed by atoms with Crippen molar-refractivity contribution in [3.8, 4) is 11.3 Å². The van der Waals surface area contributed by atoms with Crippen molar-refractivity contribution in [1.82, 2.24) is 34.3 Å². The Morgan fingerprint density at radius 3 is 2.61 bits per heavy atom. The molecule has 0 radical (unpaired) electrons. The number of anilines is 2. The summed E-state index contributed by atoms with van der Waals surface area (Å²) in [5.74, 6) is 0.0159. The number of rotatable bonds is 6. The van der Waals surface area contributed by atoms with Crippen LogP contribution in [0, 0.1) is 17.0 Å². The minimum Gasteiger partial charge on any atom is -0.322 e. The first-order valence-corrected chi connectivity index (χ1v) is 12.8. The van der Waals surface area contributed by atoms with E-state index in [4.69, 9.17) is 0 Å². The topological polar surface area (TPSA) is 75.0 Å². The van der Waals surface area contributed by atoms with Gasteiger partial charge in [-0.2, -0.15) is 0 Å². The molecule has 3 aliphatic heterocycles. The summed E-state index contributed by atoms with van der Waals surface area (Å²) in [7, 11) is 2.16. The zero-order valence-corrected chi connectivity index (χ0v) is 21.0. The third kappa shape index (κ3) is 3.92. The number of fused-ring (bicyclic) bond motifs is 3. The summed E-state index contributed by atoms with van der Waals surface area (Å²) < 4.78 is 45.1. The zero-order chi connectivity index (χ0) is 26.0. The lowest BCUT2D eigenvalue weighted by Crippen LogP contribution is -2.70. The second-order valence-corrected chi connectivity index (χ2v) is 11.0. The van der Waals surface area contributed by atoms with E-state index in [2.05, 4.69) is 42.1 Å². The molecular weight excluding hydrogens is 493 g/mol. The van der Waals surface area contributed by atoms with E-state index in [1.807, 2.05) is 18.3 Å². The van der Waals surface area contributed by atoms with E-state index in [1.54, 1.807) is 10.6 Å². The van der Waals surface area contributed by atoms with Gasteiger partial charge in [0.1, 0.15) is 29.5 Å². The molecule has 1 aromatic carbocycles. The number of alkyl halides is 1. The van der Waals surface area contributed by atoms with Crippen LogP contribution in [0.15, 0.2) is 36.7 Å². The molecule has 6 heterocycles. The van der Waals surface area contributed by atoms with Crippen molar-refractivity contribution >= 4 is 22.8 Å². The van der Waals surface area contributed by atoms with E-state index in [1.165, 1.54) is 19.2 Å². The van der Waals surface area contributed by atoms with Gasteiger partial charge in [0.05, 0.1) is 17.8 Å². The maximum atomic E-state index is 15.0. The first-order chi connectivity index (χ1) is 18.4. The van der Waals surface area contributed by atoms with Crippen molar-refractivity contribution in [2.24, 2.45) is 5.41 Å². The third-order valence-electron chi connectivity index (χ3n) is 7.88. The monoisotopic (exact) mass is 520 g/mol. The smallest absolute Gasteiger partial charge is 0.229 e. The van der Waals surface area contributed by atoms with Crippen LogP contribution in [0.4, 0.5) is 24.9 Å². The molecule has 1 spiro atoms. The molecule has 4 aromatic rings. The highest BCUT2D eigenvalue weighted by atomic mass is 19.1. The second kappa shape index (κ2) is 8.74. The van der Waals surface area contributed by atoms with Crippen molar-refractivity contribution in [2.45, 2.75) is 25.4 Å². The summed E-state index contributed by atoms with van der Waals surface area (Å²) in [5.41, 5.74) is 2.38. The number of benzene rings is 1. The van der Waals surface area contributed by atoms with Crippen LogP contribution in [-0.2, 0) is 13.0 Å². The molecule has 7 rings (SSSR count). The number of likely N-dealkylation sites (tertiary alicyclic amines) is 2. The van der Waals surface area contributed by atoms with Gasteiger partial charge in [-0.1, -0.05) is 6.07 Å². The summed E-state index contributed by atoms with van der Waals surface area (Å²) in [6.07, 6.45) is 4.05. The fourth-order valence-electron chi connectivity index (χ4n) is 6.40. The van der Waals surface area contributed by atoms with Crippen LogP contribution in [0.5, 0.6) is 0 Å². The fourth-order valence-corrected chi connectivity index (χ4v) is 6.40. The highest BCUT2D eigenvalue weighted by molar-refractivity contribution is 5.83. The lowest BCUT2D eigenvalue weighted by atomic mass is 9.73. The SMILES string of the molecule is CN1CC2(C1)CN(Cc1ccc(Nc3ncc(F)c(-c4cc(F)c5nc6n(c5c4)[C@H](CF)CC6)n3)nc1)C2. The minimum absolute atomic E-state index is 0.0568. The van der Waals surface area contributed by atoms with Crippen LogP contribution < -0.4 is 5.32 Å². The van der Waals surface area contributed by atoms with Crippen LogP contribution in [0.2, 0.25) is 0 Å². The number of aromatic nitrogens is 5. The molecule has 0 saturated carbocycles. The number of nitrogens with one attached hydrogen (secondary N) is 1. The Morgan fingerprint density at radius 1 is 1.03 bits per heavy atom. The Balaban J connectivity index is 1.10. The third-order valence-corrected chi connectivity index (χ3v) is 7.88. The van der Waals surface area contributed by atoms with Crippen molar-refractivity contribution < 1.29 is 13.2 Å². The molecule has 3 aliphatic rings. The summed E-state index contributed by atoms with van der Waals surface area (Å²) in [6.45, 7) is 4.87. The van der Waals surface area contributed by atoms with Crippen molar-refractivity contribution in [3.05, 3.63) is 59.7 Å². The predicted molar refractivity (Wildman–Crippen MR) is 137 cm³/mol. The standard InChI is InChI=1S/C27H27F3N8/c1-36-12-27(13-36)14-37(15-27)11-16-2-4-22(31-9-16)33-26-32-10-20(30)24(35-26)17-6-19(29)25-21(7-17)38-18(8-28)3-5-23(38)34-25/h2,4,6-7,9-10,18H,3,5,8,11-15H2,1H3,(H,31,32,33,35)/t18-/m0/s1. The second-order valence-electron chi connectivity index (χ2n) is 11.0. The average molecular weight is 521 g/mol. The lowest BCUT2D eigenvalue weighted by molar-refractivity contribution is -0.108. The molecule has 2 saturated heterocycles. The molecule has 2 fully saturated rings. The molecule has 1 atom stereocenters. The van der Waals surface area contributed by atoms with Gasteiger partial charge in [0.25, 0.3) is 0 Å². The molecular formula is C27H27F3N8. The molecule has 38 heavy (non-hydrogen) atoms. The van der Waals surface area contributed by atoms with Crippen molar-refractivity contribution in [1.29, 1.82) is 0 Å². The highest BCUT2D eigenvalue weighted by Gasteiger charge is 2.49. The molecule has 0 amide bonds. The average Bonchev–Trinajstić information content (AvgIpc) is 3.44. The van der Waals surface area contributed by atoms with Crippen LogP contribution in [-0.4, -0.2) is 74.2 Å². The van der Waals surface area contributed by atoms with E-state index in [0.717, 1.165) is 31.4 Å². The largest absolute Gasteiger partial charge is 0.322 e. The Labute approximate surface area is 217 Å². The predicted octanol–water partition coefficient (Wildman–Crippen LogP) is 4.11. The molecule has 3 aromatic heterocycles. The molecule has 196 valence electrons. The van der Waals surface area contributed by atoms with Gasteiger partial charge in [0.15, 0.2) is 11.6 Å². The van der Waals surface area contributed by atoms with Gasteiger partial charge in [-0.3, -0.25) is 4.90 Å². The maximum absolute atomic E-state index is 15.0. The van der Waals surface area contributed by atoms with Crippen LogP contribution in [0.1, 0.15) is 23.9 Å². The van der Waals surface area contributed by atoms with E-state index in [-0.39, 0.29) is 22.7 Å². The molecule has 11 heteroatoms. The van der Waals surface area contributed by atoms with Crippen molar-refractivity contribution in [3.63, 3.8) is 0 Å². The summed E-state index contributed by atoms with van der Waals surface area (Å²) in [4.78, 5) is 21.9. The Hall–Kier alpha value is -3.57. The highest BCUT2D eigenvalue weighted by Crippen LogP contribution is 2.39. The maximum Gasteiger partial charge on any atom is 0.229 e. The first kappa shape index (κ1) is 23.5. The summed E-state index contributed by atoms with van der Waals surface area (Å²) in [5, 5.41) is 3.01. The Morgan fingerprint density at radius 2 is 1.87 bits per heavy atom. The van der Waals surface area contributed by atoms with Gasteiger partial charge in [-0.25, -0.2) is 33.1 Å². The van der Waals surface area contributed by atoms with Crippen LogP contribution >= 0.6 is 0 Å². The number of nitrogens with zero attached hydrogens (tertiary/aromatic N) is 7. The number of hydrogen-bond donors (Lipinski definition) is 1. The lowest BCUT2D eigenvalue weighted by Gasteiger charge is -2.59. The number of imidazole rings is 1. The normalized spacial score (nSPS) is 20.5. The van der Waals surface area contributed by atoms with E-state index >= 15 is 0 Å². The van der Waals surface area contributed by atoms with Crippen LogP contribution in [0.25, 0.3) is 22.3 Å². The van der Waals surface area contributed by atoms with Gasteiger partial charge in [-0.05, 0) is 37.2 Å². The van der Waals surface area contributed by atoms with Crippen LogP contribution in [0.3, 0.4) is 0 Å². The van der Waals surface area contributed by atoms with Gasteiger partial charge in [0.2, 0.25) is 5.95 Å². The number of hydrogen-bond acceptors (Lipinski definition) is 7. The Kier molecular flexibility index (Phi) is 5.41. The first-order valence-electron chi connectivity index (χ1n) is 12.8. The van der Waals surface area contributed by atoms with Gasteiger partial charge in [-0.15, -0.1) is 0 Å². The Bertz CT molecular complexity index is 1520. The van der Waals surface area contributed by atoms with E-state index in [9.17, 15) is 13.2 Å². The van der Waals surface area contributed by atoms with Gasteiger partial charge in [0, 0.05) is 56.3 Å². The van der Waals surface area contributed by atoms with Crippen molar-refractivity contribution in [2.75, 3.05) is 45.2 Å². The molecule has 1 N–H and O–H groups in total. The molecule has 0 unspecified atom stereocenters. The minimum atomic E-state index is -0.689. The van der Waals surface area contributed by atoms with E-state index in [0.29, 0.717) is 35.4 Å². The number of halogens is 3. The fraction of sp³-hybridized carbons (Fsp3) is 0.407. The number of pyridine rings is 1. The molecule has 8 nitrogen and oxygen atoms in total. The number of aryl methyl sites for hydroxylation is 1. The molecule has 0 aliphatic carbocycles.